The quantitative estimate of drug-likeness (QED) is 0.266. The molecule has 0 radical (unpaired) electrons. The lowest BCUT2D eigenvalue weighted by Gasteiger charge is -2.23. The number of carbonyl (C=O) groups is 2. The number of aliphatic carboxylic acids is 1. The molecule has 0 aliphatic carbocycles. The molecule has 1 amide bonds. The van der Waals surface area contributed by atoms with Crippen molar-refractivity contribution in [1.29, 1.82) is 0 Å². The van der Waals surface area contributed by atoms with Gasteiger partial charge in [-0.05, 0) is 65.8 Å². The largest absolute Gasteiger partial charge is 0.484 e. The van der Waals surface area contributed by atoms with Crippen LogP contribution in [-0.4, -0.2) is 41.2 Å². The SMILES string of the molecule is CCO[C@@H](Cc1ccc(OCC(=O)N(Cc2ccc(Cl)cc2)Cc2ccc(CC(C)C)cc2)cc1)C(=O)O. The van der Waals surface area contributed by atoms with Gasteiger partial charge in [0.25, 0.3) is 5.91 Å². The van der Waals surface area contributed by atoms with Crippen molar-refractivity contribution in [3.05, 3.63) is 100 Å². The van der Waals surface area contributed by atoms with Gasteiger partial charge in [-0.15, -0.1) is 0 Å². The summed E-state index contributed by atoms with van der Waals surface area (Å²) in [6.45, 7) is 7.26. The molecule has 0 saturated heterocycles. The van der Waals surface area contributed by atoms with Crippen LogP contribution in [0.4, 0.5) is 0 Å². The molecule has 0 heterocycles. The van der Waals surface area contributed by atoms with E-state index in [1.807, 2.05) is 24.3 Å². The van der Waals surface area contributed by atoms with Gasteiger partial charge in [0.15, 0.2) is 12.7 Å². The number of carboxylic acid groups (broad SMARTS) is 1. The monoisotopic (exact) mass is 537 g/mol. The standard InChI is InChI=1S/C31H36ClNO5/c1-4-37-29(31(35)36)18-24-11-15-28(16-12-24)38-21-30(34)33(20-26-9-13-27(32)14-10-26)19-25-7-5-23(6-8-25)17-22(2)3/h5-16,22,29H,4,17-21H2,1-3H3,(H,35,36)/t29-/m0/s1. The average Bonchev–Trinajstić information content (AvgIpc) is 2.89. The van der Waals surface area contributed by atoms with E-state index < -0.39 is 12.1 Å². The van der Waals surface area contributed by atoms with Crippen molar-refractivity contribution in [3.63, 3.8) is 0 Å². The Bertz CT molecular complexity index is 1160. The Morgan fingerprint density at radius 1 is 0.816 bits per heavy atom. The lowest BCUT2D eigenvalue weighted by molar-refractivity contribution is -0.150. The van der Waals surface area contributed by atoms with E-state index in [2.05, 4.69) is 38.1 Å². The van der Waals surface area contributed by atoms with Crippen molar-refractivity contribution in [2.24, 2.45) is 5.92 Å². The average molecular weight is 538 g/mol. The first-order valence-electron chi connectivity index (χ1n) is 12.9. The number of benzene rings is 3. The molecule has 0 aliphatic rings. The van der Waals surface area contributed by atoms with Crippen LogP contribution in [0, 0.1) is 5.92 Å². The van der Waals surface area contributed by atoms with Crippen molar-refractivity contribution in [2.75, 3.05) is 13.2 Å². The van der Waals surface area contributed by atoms with E-state index in [9.17, 15) is 14.7 Å². The first-order chi connectivity index (χ1) is 18.2. The van der Waals surface area contributed by atoms with Gasteiger partial charge < -0.3 is 19.5 Å². The number of nitrogens with zero attached hydrogens (tertiary/aromatic N) is 1. The number of amides is 1. The topological polar surface area (TPSA) is 76.1 Å². The number of carboxylic acids is 1. The molecule has 0 aliphatic heterocycles. The van der Waals surface area contributed by atoms with Crippen molar-refractivity contribution in [3.8, 4) is 5.75 Å². The van der Waals surface area contributed by atoms with Gasteiger partial charge in [0.05, 0.1) is 0 Å². The highest BCUT2D eigenvalue weighted by Gasteiger charge is 2.19. The van der Waals surface area contributed by atoms with E-state index in [-0.39, 0.29) is 18.9 Å². The third-order valence-corrected chi connectivity index (χ3v) is 6.28. The highest BCUT2D eigenvalue weighted by atomic mass is 35.5. The maximum atomic E-state index is 13.3. The van der Waals surface area contributed by atoms with Crippen molar-refractivity contribution in [1.82, 2.24) is 4.90 Å². The van der Waals surface area contributed by atoms with Gasteiger partial charge >= 0.3 is 5.97 Å². The summed E-state index contributed by atoms with van der Waals surface area (Å²) in [5.41, 5.74) is 4.12. The molecule has 3 aromatic rings. The second-order valence-corrected chi connectivity index (χ2v) is 10.1. The van der Waals surface area contributed by atoms with Crippen molar-refractivity contribution in [2.45, 2.75) is 52.8 Å². The molecule has 0 saturated carbocycles. The van der Waals surface area contributed by atoms with Crippen LogP contribution in [0.3, 0.4) is 0 Å². The van der Waals surface area contributed by atoms with Crippen LogP contribution < -0.4 is 4.74 Å². The summed E-state index contributed by atoms with van der Waals surface area (Å²) in [5, 5.41) is 9.94. The number of carbonyl (C=O) groups excluding carboxylic acids is 1. The van der Waals surface area contributed by atoms with E-state index in [1.165, 1.54) is 5.56 Å². The molecule has 6 nitrogen and oxygen atoms in total. The molecule has 38 heavy (non-hydrogen) atoms. The molecule has 1 atom stereocenters. The number of hydrogen-bond donors (Lipinski definition) is 1. The second-order valence-electron chi connectivity index (χ2n) is 9.71. The minimum Gasteiger partial charge on any atom is -0.484 e. The predicted octanol–water partition coefficient (Wildman–Crippen LogP) is 6.18. The van der Waals surface area contributed by atoms with Crippen LogP contribution in [0.2, 0.25) is 5.02 Å². The summed E-state index contributed by atoms with van der Waals surface area (Å²) in [4.78, 5) is 26.4. The minimum atomic E-state index is -0.992. The smallest absolute Gasteiger partial charge is 0.333 e. The molecule has 0 fully saturated rings. The van der Waals surface area contributed by atoms with Crippen molar-refractivity contribution >= 4 is 23.5 Å². The zero-order chi connectivity index (χ0) is 27.5. The second kappa shape index (κ2) is 14.6. The van der Waals surface area contributed by atoms with Gasteiger partial charge in [0.1, 0.15) is 5.75 Å². The third kappa shape index (κ3) is 9.51. The molecule has 0 unspecified atom stereocenters. The predicted molar refractivity (Wildman–Crippen MR) is 149 cm³/mol. The summed E-state index contributed by atoms with van der Waals surface area (Å²) in [5.74, 6) is -0.0149. The maximum Gasteiger partial charge on any atom is 0.333 e. The fourth-order valence-electron chi connectivity index (χ4n) is 4.11. The molecule has 202 valence electrons. The van der Waals surface area contributed by atoms with E-state index in [0.717, 1.165) is 23.1 Å². The van der Waals surface area contributed by atoms with Gasteiger partial charge in [-0.1, -0.05) is 74.0 Å². The summed E-state index contributed by atoms with van der Waals surface area (Å²) in [7, 11) is 0. The summed E-state index contributed by atoms with van der Waals surface area (Å²) in [6, 6.07) is 22.9. The molecule has 0 spiro atoms. The van der Waals surface area contributed by atoms with E-state index in [4.69, 9.17) is 21.1 Å². The van der Waals surface area contributed by atoms with Crippen LogP contribution in [0.5, 0.6) is 5.75 Å². The highest BCUT2D eigenvalue weighted by Crippen LogP contribution is 2.18. The van der Waals surface area contributed by atoms with Crippen LogP contribution in [-0.2, 0) is 40.3 Å². The van der Waals surface area contributed by atoms with Gasteiger partial charge in [-0.3, -0.25) is 4.79 Å². The first kappa shape index (κ1) is 29.2. The Morgan fingerprint density at radius 2 is 1.32 bits per heavy atom. The van der Waals surface area contributed by atoms with E-state index in [1.54, 1.807) is 36.1 Å². The lowest BCUT2D eigenvalue weighted by atomic mass is 10.0. The van der Waals surface area contributed by atoms with E-state index in [0.29, 0.717) is 36.4 Å². The molecule has 0 bridgehead atoms. The first-order valence-corrected chi connectivity index (χ1v) is 13.3. The molecule has 1 N–H and O–H groups in total. The van der Waals surface area contributed by atoms with Crippen LogP contribution >= 0.6 is 11.6 Å². The Labute approximate surface area is 230 Å². The molecular formula is C31H36ClNO5. The van der Waals surface area contributed by atoms with Crippen LogP contribution in [0.25, 0.3) is 0 Å². The maximum absolute atomic E-state index is 13.3. The van der Waals surface area contributed by atoms with E-state index >= 15 is 0 Å². The minimum absolute atomic E-state index is 0.116. The van der Waals surface area contributed by atoms with Gasteiger partial charge in [-0.2, -0.15) is 0 Å². The van der Waals surface area contributed by atoms with Crippen LogP contribution in [0.1, 0.15) is 43.0 Å². The third-order valence-electron chi connectivity index (χ3n) is 6.03. The zero-order valence-electron chi connectivity index (χ0n) is 22.2. The number of halogens is 1. The Kier molecular flexibility index (Phi) is 11.2. The Hall–Kier alpha value is -3.35. The molecule has 3 aromatic carbocycles. The summed E-state index contributed by atoms with van der Waals surface area (Å²) >= 11 is 6.04. The zero-order valence-corrected chi connectivity index (χ0v) is 23.0. The number of hydrogen-bond acceptors (Lipinski definition) is 4. The highest BCUT2D eigenvalue weighted by molar-refractivity contribution is 6.30. The molecule has 7 heteroatoms. The Morgan fingerprint density at radius 3 is 1.84 bits per heavy atom. The molecular weight excluding hydrogens is 502 g/mol. The normalized spacial score (nSPS) is 11.8. The van der Waals surface area contributed by atoms with Gasteiger partial charge in [0.2, 0.25) is 0 Å². The number of ether oxygens (including phenoxy) is 2. The fraction of sp³-hybridized carbons (Fsp3) is 0.355. The lowest BCUT2D eigenvalue weighted by Crippen LogP contribution is -2.34. The summed E-state index contributed by atoms with van der Waals surface area (Å²) < 4.78 is 11.1. The van der Waals surface area contributed by atoms with Crippen molar-refractivity contribution < 1.29 is 24.2 Å². The summed E-state index contributed by atoms with van der Waals surface area (Å²) in [6.07, 6.45) is 0.380. The molecule has 3 rings (SSSR count). The Balaban J connectivity index is 1.65. The number of rotatable bonds is 14. The van der Waals surface area contributed by atoms with Gasteiger partial charge in [0, 0.05) is 31.1 Å². The van der Waals surface area contributed by atoms with Gasteiger partial charge in [-0.25, -0.2) is 4.79 Å². The fourth-order valence-corrected chi connectivity index (χ4v) is 4.23. The molecule has 0 aromatic heterocycles. The van der Waals surface area contributed by atoms with Crippen LogP contribution in [0.15, 0.2) is 72.8 Å².